The molecule has 3 nitrogen and oxygen atoms in total. The van der Waals surface area contributed by atoms with Crippen LogP contribution < -0.4 is 0 Å². The summed E-state index contributed by atoms with van der Waals surface area (Å²) in [6, 6.07) is 1.37. The minimum atomic E-state index is -0.633. The maximum atomic E-state index is 13.7. The Kier molecular flexibility index (Phi) is 3.02. The van der Waals surface area contributed by atoms with Crippen molar-refractivity contribution in [3.63, 3.8) is 0 Å². The Morgan fingerprint density at radius 1 is 1.59 bits per heavy atom. The maximum Gasteiger partial charge on any atom is 0.310 e. The van der Waals surface area contributed by atoms with Gasteiger partial charge in [0, 0.05) is 5.39 Å². The second-order valence-electron chi connectivity index (χ2n) is 3.74. The Bertz CT molecular complexity index is 589. The SMILES string of the molecule is COC(=O)Cc1csc2c(F)c(O)cc(C)c12. The van der Waals surface area contributed by atoms with Crippen LogP contribution in [0.15, 0.2) is 11.4 Å². The fourth-order valence-electron chi connectivity index (χ4n) is 1.80. The monoisotopic (exact) mass is 254 g/mol. The van der Waals surface area contributed by atoms with Crippen LogP contribution in [-0.2, 0) is 16.0 Å². The summed E-state index contributed by atoms with van der Waals surface area (Å²) in [5, 5.41) is 11.8. The Morgan fingerprint density at radius 2 is 2.29 bits per heavy atom. The highest BCUT2D eigenvalue weighted by Crippen LogP contribution is 2.35. The third-order valence-electron chi connectivity index (χ3n) is 2.60. The molecule has 0 aliphatic heterocycles. The zero-order valence-corrected chi connectivity index (χ0v) is 10.2. The lowest BCUT2D eigenvalue weighted by molar-refractivity contribution is -0.139. The lowest BCUT2D eigenvalue weighted by Crippen LogP contribution is -2.04. The molecule has 0 amide bonds. The third kappa shape index (κ3) is 1.98. The molecule has 0 fully saturated rings. The predicted octanol–water partition coefficient (Wildman–Crippen LogP) is 2.77. The lowest BCUT2D eigenvalue weighted by atomic mass is 10.0. The van der Waals surface area contributed by atoms with Gasteiger partial charge in [-0.1, -0.05) is 0 Å². The van der Waals surface area contributed by atoms with Gasteiger partial charge in [0.2, 0.25) is 0 Å². The van der Waals surface area contributed by atoms with Gasteiger partial charge >= 0.3 is 5.97 Å². The molecule has 5 heteroatoms. The molecular weight excluding hydrogens is 243 g/mol. The summed E-state index contributed by atoms with van der Waals surface area (Å²) in [6.07, 6.45) is 0.113. The van der Waals surface area contributed by atoms with Crippen LogP contribution in [0.5, 0.6) is 5.75 Å². The summed E-state index contributed by atoms with van der Waals surface area (Å²) in [7, 11) is 1.32. The molecule has 1 N–H and O–H groups in total. The van der Waals surface area contributed by atoms with E-state index in [1.165, 1.54) is 24.5 Å². The third-order valence-corrected chi connectivity index (χ3v) is 3.62. The number of phenols is 1. The van der Waals surface area contributed by atoms with Crippen LogP contribution in [0, 0.1) is 12.7 Å². The number of hydrogen-bond donors (Lipinski definition) is 1. The standard InChI is InChI=1S/C12H11FO3S/c1-6-3-8(14)11(13)12-10(6)7(5-17-12)4-9(15)16-2/h3,5,14H,4H2,1-2H3. The fourth-order valence-corrected chi connectivity index (χ4v) is 2.88. The van der Waals surface area contributed by atoms with E-state index in [4.69, 9.17) is 0 Å². The molecule has 0 radical (unpaired) electrons. The number of carbonyl (C=O) groups excluding carboxylic acids is 1. The number of hydrogen-bond acceptors (Lipinski definition) is 4. The smallest absolute Gasteiger partial charge is 0.310 e. The highest BCUT2D eigenvalue weighted by Gasteiger charge is 2.16. The Morgan fingerprint density at radius 3 is 2.94 bits per heavy atom. The fraction of sp³-hybridized carbons (Fsp3) is 0.250. The highest BCUT2D eigenvalue weighted by atomic mass is 32.1. The van der Waals surface area contributed by atoms with Crippen LogP contribution >= 0.6 is 11.3 Å². The molecule has 0 atom stereocenters. The van der Waals surface area contributed by atoms with Gasteiger partial charge in [0.05, 0.1) is 18.2 Å². The number of carbonyl (C=O) groups is 1. The van der Waals surface area contributed by atoms with E-state index in [-0.39, 0.29) is 18.1 Å². The summed E-state index contributed by atoms with van der Waals surface area (Å²) in [6.45, 7) is 1.77. The quantitative estimate of drug-likeness (QED) is 0.838. The number of rotatable bonds is 2. The van der Waals surface area contributed by atoms with Crippen LogP contribution in [0.1, 0.15) is 11.1 Å². The van der Waals surface area contributed by atoms with Gasteiger partial charge in [-0.2, -0.15) is 0 Å². The normalized spacial score (nSPS) is 10.8. The molecule has 17 heavy (non-hydrogen) atoms. The zero-order valence-electron chi connectivity index (χ0n) is 9.41. The molecular formula is C12H11FO3S. The van der Waals surface area contributed by atoms with Crippen LogP contribution in [0.25, 0.3) is 10.1 Å². The van der Waals surface area contributed by atoms with Gasteiger partial charge in [-0.15, -0.1) is 11.3 Å². The minimum Gasteiger partial charge on any atom is -0.505 e. The molecule has 0 spiro atoms. The van der Waals surface area contributed by atoms with Crippen LogP contribution in [0.3, 0.4) is 0 Å². The molecule has 0 saturated heterocycles. The van der Waals surface area contributed by atoms with E-state index in [0.717, 1.165) is 11.1 Å². The molecule has 0 aliphatic carbocycles. The second-order valence-corrected chi connectivity index (χ2v) is 4.62. The molecule has 2 rings (SSSR count). The van der Waals surface area contributed by atoms with Gasteiger partial charge in [-0.3, -0.25) is 4.79 Å². The van der Waals surface area contributed by atoms with Gasteiger partial charge < -0.3 is 9.84 Å². The number of aromatic hydroxyl groups is 1. The van der Waals surface area contributed by atoms with Gasteiger partial charge in [0.1, 0.15) is 0 Å². The van der Waals surface area contributed by atoms with E-state index in [9.17, 15) is 14.3 Å². The van der Waals surface area contributed by atoms with E-state index >= 15 is 0 Å². The van der Waals surface area contributed by atoms with Gasteiger partial charge in [0.15, 0.2) is 11.6 Å². The van der Waals surface area contributed by atoms with Crippen molar-refractivity contribution >= 4 is 27.4 Å². The summed E-state index contributed by atoms with van der Waals surface area (Å²) in [5.41, 5.74) is 1.48. The summed E-state index contributed by atoms with van der Waals surface area (Å²) in [5.74, 6) is -1.36. The van der Waals surface area contributed by atoms with Gasteiger partial charge in [0.25, 0.3) is 0 Å². The average molecular weight is 254 g/mol. The highest BCUT2D eigenvalue weighted by molar-refractivity contribution is 7.17. The molecule has 0 aliphatic rings. The number of halogens is 1. The van der Waals surface area contributed by atoms with Gasteiger partial charge in [-0.25, -0.2) is 4.39 Å². The van der Waals surface area contributed by atoms with E-state index in [1.807, 2.05) is 0 Å². The van der Waals surface area contributed by atoms with Gasteiger partial charge in [-0.05, 0) is 29.5 Å². The van der Waals surface area contributed by atoms with Crippen molar-refractivity contribution in [1.82, 2.24) is 0 Å². The summed E-state index contributed by atoms with van der Waals surface area (Å²) in [4.78, 5) is 11.2. The Hall–Kier alpha value is -1.62. The number of esters is 1. The minimum absolute atomic E-state index is 0.113. The van der Waals surface area contributed by atoms with Crippen LogP contribution in [0.2, 0.25) is 0 Å². The van der Waals surface area contributed by atoms with E-state index in [2.05, 4.69) is 4.74 Å². The molecule has 0 saturated carbocycles. The number of phenolic OH excluding ortho intramolecular Hbond substituents is 1. The molecule has 1 heterocycles. The molecule has 90 valence electrons. The summed E-state index contributed by atoms with van der Waals surface area (Å²) >= 11 is 1.18. The first kappa shape index (κ1) is 11.9. The number of benzene rings is 1. The van der Waals surface area contributed by atoms with Crippen molar-refractivity contribution < 1.29 is 19.0 Å². The van der Waals surface area contributed by atoms with E-state index in [0.29, 0.717) is 10.1 Å². The predicted molar refractivity (Wildman–Crippen MR) is 63.9 cm³/mol. The summed E-state index contributed by atoms with van der Waals surface area (Å²) < 4.78 is 18.6. The van der Waals surface area contributed by atoms with E-state index < -0.39 is 5.82 Å². The van der Waals surface area contributed by atoms with Crippen molar-refractivity contribution in [1.29, 1.82) is 0 Å². The van der Waals surface area contributed by atoms with Crippen molar-refractivity contribution in [2.45, 2.75) is 13.3 Å². The van der Waals surface area contributed by atoms with Crippen LogP contribution in [-0.4, -0.2) is 18.2 Å². The van der Waals surface area contributed by atoms with E-state index in [1.54, 1.807) is 12.3 Å². The molecule has 2 aromatic rings. The van der Waals surface area contributed by atoms with Crippen molar-refractivity contribution in [3.05, 3.63) is 28.4 Å². The maximum absolute atomic E-state index is 13.7. The number of fused-ring (bicyclic) bond motifs is 1. The average Bonchev–Trinajstić information content (AvgIpc) is 2.70. The van der Waals surface area contributed by atoms with Crippen LogP contribution in [0.4, 0.5) is 4.39 Å². The molecule has 1 aromatic heterocycles. The molecule has 0 bridgehead atoms. The number of methoxy groups -OCH3 is 1. The number of ether oxygens (including phenoxy) is 1. The first-order valence-electron chi connectivity index (χ1n) is 4.99. The van der Waals surface area contributed by atoms with Crippen molar-refractivity contribution in [3.8, 4) is 5.75 Å². The number of aryl methyl sites for hydroxylation is 1. The topological polar surface area (TPSA) is 46.5 Å². The largest absolute Gasteiger partial charge is 0.505 e. The Labute approximate surface area is 101 Å². The molecule has 0 unspecified atom stereocenters. The second kappa shape index (κ2) is 4.33. The van der Waals surface area contributed by atoms with Crippen molar-refractivity contribution in [2.75, 3.05) is 7.11 Å². The number of thiophene rings is 1. The van der Waals surface area contributed by atoms with Crippen molar-refractivity contribution in [2.24, 2.45) is 0 Å². The first-order valence-corrected chi connectivity index (χ1v) is 5.87. The lowest BCUT2D eigenvalue weighted by Gasteiger charge is -2.04. The molecule has 1 aromatic carbocycles. The Balaban J connectivity index is 2.60. The zero-order chi connectivity index (χ0) is 12.6. The first-order chi connectivity index (χ1) is 8.04.